The highest BCUT2D eigenvalue weighted by Gasteiger charge is 2.20. The van der Waals surface area contributed by atoms with Gasteiger partial charge in [0.15, 0.2) is 0 Å². The fourth-order valence-electron chi connectivity index (χ4n) is 1.10. The van der Waals surface area contributed by atoms with Crippen LogP contribution in [0.25, 0.3) is 0 Å². The molecule has 0 radical (unpaired) electrons. The molecule has 0 aliphatic carbocycles. The monoisotopic (exact) mass is 184 g/mol. The number of aliphatic hydroxyl groups is 1. The number of nitrogens with zero attached hydrogens (tertiary/aromatic N) is 3. The fraction of sp³-hybridized carbons (Fsp3) is 0.750. The Morgan fingerprint density at radius 1 is 1.54 bits per heavy atom. The van der Waals surface area contributed by atoms with Gasteiger partial charge in [-0.25, -0.2) is 9.67 Å². The van der Waals surface area contributed by atoms with Crippen LogP contribution in [0.3, 0.4) is 0 Å². The smallest absolute Gasteiger partial charge is 0.147 e. The molecule has 0 spiro atoms. The van der Waals surface area contributed by atoms with Crippen molar-refractivity contribution < 1.29 is 5.11 Å². The highest BCUT2D eigenvalue weighted by Crippen LogP contribution is 2.06. The van der Waals surface area contributed by atoms with E-state index in [1.807, 2.05) is 13.8 Å². The van der Waals surface area contributed by atoms with Gasteiger partial charge in [0.2, 0.25) is 0 Å². The summed E-state index contributed by atoms with van der Waals surface area (Å²) in [5.74, 6) is 1.51. The largest absolute Gasteiger partial charge is 0.387 e. The molecule has 0 amide bonds. The quantitative estimate of drug-likeness (QED) is 0.670. The maximum Gasteiger partial charge on any atom is 0.147 e. The van der Waals surface area contributed by atoms with E-state index >= 15 is 0 Å². The molecule has 5 heteroatoms. The third kappa shape index (κ3) is 2.50. The fourth-order valence-corrected chi connectivity index (χ4v) is 1.10. The Hall–Kier alpha value is -0.940. The Morgan fingerprint density at radius 2 is 2.15 bits per heavy atom. The zero-order chi connectivity index (χ0) is 10.1. The van der Waals surface area contributed by atoms with Crippen LogP contribution in [-0.2, 0) is 6.54 Å². The van der Waals surface area contributed by atoms with E-state index in [-0.39, 0.29) is 6.54 Å². The molecule has 0 aliphatic rings. The maximum atomic E-state index is 9.70. The molecule has 0 saturated heterocycles. The summed E-state index contributed by atoms with van der Waals surface area (Å²) in [6.07, 6.45) is 0. The second-order valence-electron chi connectivity index (χ2n) is 3.56. The lowest BCUT2D eigenvalue weighted by atomic mass is 10.1. The van der Waals surface area contributed by atoms with Gasteiger partial charge < -0.3 is 10.8 Å². The summed E-state index contributed by atoms with van der Waals surface area (Å²) in [5.41, 5.74) is 4.49. The molecule has 1 rings (SSSR count). The molecule has 0 bridgehead atoms. The molecule has 0 saturated carbocycles. The molecule has 1 atom stereocenters. The molecule has 1 unspecified atom stereocenters. The minimum atomic E-state index is -0.912. The number of hydrogen-bond acceptors (Lipinski definition) is 4. The van der Waals surface area contributed by atoms with Crippen LogP contribution in [-0.4, -0.2) is 32.0 Å². The van der Waals surface area contributed by atoms with Crippen molar-refractivity contribution in [3.8, 4) is 0 Å². The zero-order valence-corrected chi connectivity index (χ0v) is 8.28. The van der Waals surface area contributed by atoms with Crippen LogP contribution in [0.15, 0.2) is 0 Å². The molecule has 1 aromatic rings. The van der Waals surface area contributed by atoms with Gasteiger partial charge in [0.05, 0.1) is 12.1 Å². The van der Waals surface area contributed by atoms with E-state index in [0.29, 0.717) is 12.4 Å². The molecule has 5 nitrogen and oxygen atoms in total. The number of hydrogen-bond donors (Lipinski definition) is 2. The lowest BCUT2D eigenvalue weighted by molar-refractivity contribution is 0.0463. The number of nitrogens with two attached hydrogens (primary N) is 1. The SMILES string of the molecule is Cc1nc(C)n(CC(C)(O)CN)n1. The van der Waals surface area contributed by atoms with Gasteiger partial charge in [0, 0.05) is 6.54 Å². The van der Waals surface area contributed by atoms with Gasteiger partial charge in [-0.3, -0.25) is 0 Å². The van der Waals surface area contributed by atoms with Crippen molar-refractivity contribution in [1.29, 1.82) is 0 Å². The first-order chi connectivity index (χ1) is 5.94. The Balaban J connectivity index is 2.79. The molecule has 0 aliphatic heterocycles. The number of aryl methyl sites for hydroxylation is 2. The van der Waals surface area contributed by atoms with Gasteiger partial charge in [-0.05, 0) is 20.8 Å². The van der Waals surface area contributed by atoms with Crippen LogP contribution in [0.4, 0.5) is 0 Å². The van der Waals surface area contributed by atoms with Gasteiger partial charge in [-0.2, -0.15) is 5.10 Å². The van der Waals surface area contributed by atoms with Crippen molar-refractivity contribution in [3.05, 3.63) is 11.6 Å². The summed E-state index contributed by atoms with van der Waals surface area (Å²) in [7, 11) is 0. The third-order valence-electron chi connectivity index (χ3n) is 1.89. The Labute approximate surface area is 77.6 Å². The molecule has 1 heterocycles. The van der Waals surface area contributed by atoms with Crippen LogP contribution in [0, 0.1) is 13.8 Å². The average molecular weight is 184 g/mol. The van der Waals surface area contributed by atoms with E-state index in [1.54, 1.807) is 11.6 Å². The summed E-state index contributed by atoms with van der Waals surface area (Å²) < 4.78 is 1.67. The zero-order valence-electron chi connectivity index (χ0n) is 8.28. The second-order valence-corrected chi connectivity index (χ2v) is 3.56. The van der Waals surface area contributed by atoms with Crippen LogP contribution >= 0.6 is 0 Å². The predicted octanol–water partition coefficient (Wildman–Crippen LogP) is -0.395. The van der Waals surface area contributed by atoms with Crippen molar-refractivity contribution in [3.63, 3.8) is 0 Å². The van der Waals surface area contributed by atoms with Crippen LogP contribution < -0.4 is 5.73 Å². The first-order valence-corrected chi connectivity index (χ1v) is 4.25. The maximum absolute atomic E-state index is 9.70. The van der Waals surface area contributed by atoms with Crippen LogP contribution in [0.2, 0.25) is 0 Å². The summed E-state index contributed by atoms with van der Waals surface area (Å²) in [6, 6.07) is 0. The molecule has 13 heavy (non-hydrogen) atoms. The second kappa shape index (κ2) is 3.43. The van der Waals surface area contributed by atoms with Gasteiger partial charge in [0.25, 0.3) is 0 Å². The highest BCUT2D eigenvalue weighted by atomic mass is 16.3. The van der Waals surface area contributed by atoms with Crippen molar-refractivity contribution in [2.75, 3.05) is 6.54 Å². The van der Waals surface area contributed by atoms with Crippen molar-refractivity contribution in [2.24, 2.45) is 5.73 Å². The van der Waals surface area contributed by atoms with Crippen molar-refractivity contribution in [2.45, 2.75) is 32.9 Å². The van der Waals surface area contributed by atoms with Crippen molar-refractivity contribution in [1.82, 2.24) is 14.8 Å². The van der Waals surface area contributed by atoms with E-state index in [1.165, 1.54) is 0 Å². The summed E-state index contributed by atoms with van der Waals surface area (Å²) in [6.45, 7) is 5.96. The predicted molar refractivity (Wildman–Crippen MR) is 49.2 cm³/mol. The van der Waals surface area contributed by atoms with E-state index in [4.69, 9.17) is 5.73 Å². The van der Waals surface area contributed by atoms with Gasteiger partial charge in [0.1, 0.15) is 11.6 Å². The van der Waals surface area contributed by atoms with Gasteiger partial charge >= 0.3 is 0 Å². The van der Waals surface area contributed by atoms with Crippen LogP contribution in [0.1, 0.15) is 18.6 Å². The molecule has 3 N–H and O–H groups in total. The summed E-state index contributed by atoms with van der Waals surface area (Å²) in [4.78, 5) is 4.13. The van der Waals surface area contributed by atoms with E-state index < -0.39 is 5.60 Å². The highest BCUT2D eigenvalue weighted by molar-refractivity contribution is 4.89. The molecule has 0 aromatic carbocycles. The van der Waals surface area contributed by atoms with Gasteiger partial charge in [-0.1, -0.05) is 0 Å². The normalized spacial score (nSPS) is 15.8. The lowest BCUT2D eigenvalue weighted by Crippen LogP contribution is -2.39. The van der Waals surface area contributed by atoms with E-state index in [9.17, 15) is 5.11 Å². The van der Waals surface area contributed by atoms with E-state index in [0.717, 1.165) is 5.82 Å². The Kier molecular flexibility index (Phi) is 2.68. The third-order valence-corrected chi connectivity index (χ3v) is 1.89. The lowest BCUT2D eigenvalue weighted by Gasteiger charge is -2.20. The molecule has 1 aromatic heterocycles. The molecular weight excluding hydrogens is 168 g/mol. The van der Waals surface area contributed by atoms with Crippen LogP contribution in [0.5, 0.6) is 0 Å². The Morgan fingerprint density at radius 3 is 2.54 bits per heavy atom. The minimum Gasteiger partial charge on any atom is -0.387 e. The number of rotatable bonds is 3. The van der Waals surface area contributed by atoms with Gasteiger partial charge in [-0.15, -0.1) is 0 Å². The average Bonchev–Trinajstić information content (AvgIpc) is 2.30. The molecule has 0 fully saturated rings. The molecular formula is C8H16N4O. The first kappa shape index (κ1) is 10.1. The summed E-state index contributed by atoms with van der Waals surface area (Å²) >= 11 is 0. The van der Waals surface area contributed by atoms with E-state index in [2.05, 4.69) is 10.1 Å². The topological polar surface area (TPSA) is 77.0 Å². The Bertz CT molecular complexity index is 292. The minimum absolute atomic E-state index is 0.214. The van der Waals surface area contributed by atoms with Crippen molar-refractivity contribution >= 4 is 0 Å². The standard InChI is InChI=1S/C8H16N4O/c1-6-10-7(2)12(11-6)5-8(3,13)4-9/h13H,4-5,9H2,1-3H3. The first-order valence-electron chi connectivity index (χ1n) is 4.25. The molecule has 74 valence electrons. The number of aromatic nitrogens is 3. The summed E-state index contributed by atoms with van der Waals surface area (Å²) in [5, 5.41) is 13.8.